The van der Waals surface area contributed by atoms with Gasteiger partial charge < -0.3 is 5.32 Å². The Morgan fingerprint density at radius 1 is 1.22 bits per heavy atom. The molecule has 0 aromatic heterocycles. The molecule has 0 radical (unpaired) electrons. The van der Waals surface area contributed by atoms with Gasteiger partial charge in [-0.1, -0.05) is 6.07 Å². The number of aliphatic imine (C=N–C) groups is 1. The minimum atomic E-state index is 0.168. The number of nitrogens with one attached hydrogen (secondary N) is 1. The van der Waals surface area contributed by atoms with Gasteiger partial charge in [0.15, 0.2) is 5.78 Å². The van der Waals surface area contributed by atoms with Gasteiger partial charge in [-0.2, -0.15) is 0 Å². The first-order valence-corrected chi connectivity index (χ1v) is 6.68. The van der Waals surface area contributed by atoms with Crippen LogP contribution in [0.15, 0.2) is 17.1 Å². The van der Waals surface area contributed by atoms with E-state index in [1.807, 2.05) is 6.92 Å². The maximum absolute atomic E-state index is 11.7. The summed E-state index contributed by atoms with van der Waals surface area (Å²) in [4.78, 5) is 16.2. The lowest BCUT2D eigenvalue weighted by Gasteiger charge is -2.19. The SMILES string of the molecule is CC1=Nc2cc3c(cc2CC1=O)C1CNCC3C1. The second-order valence-electron chi connectivity index (χ2n) is 5.69. The summed E-state index contributed by atoms with van der Waals surface area (Å²) in [6, 6.07) is 4.48. The Labute approximate surface area is 106 Å². The summed E-state index contributed by atoms with van der Waals surface area (Å²) in [5.41, 5.74) is 5.73. The first-order chi connectivity index (χ1) is 8.72. The molecule has 2 atom stereocenters. The van der Waals surface area contributed by atoms with E-state index in [1.54, 1.807) is 0 Å². The Hall–Kier alpha value is -1.48. The molecule has 92 valence electrons. The number of carbonyl (C=O) groups excluding carboxylic acids is 1. The van der Waals surface area contributed by atoms with Gasteiger partial charge in [0, 0.05) is 19.5 Å². The van der Waals surface area contributed by atoms with Crippen LogP contribution in [0, 0.1) is 0 Å². The molecule has 1 fully saturated rings. The van der Waals surface area contributed by atoms with E-state index in [0.29, 0.717) is 24.0 Å². The van der Waals surface area contributed by atoms with Gasteiger partial charge >= 0.3 is 0 Å². The minimum Gasteiger partial charge on any atom is -0.316 e. The molecule has 2 bridgehead atoms. The first kappa shape index (κ1) is 10.4. The highest BCUT2D eigenvalue weighted by atomic mass is 16.1. The lowest BCUT2D eigenvalue weighted by molar-refractivity contribution is -0.112. The molecule has 4 rings (SSSR count). The number of ketones is 1. The molecule has 0 amide bonds. The van der Waals surface area contributed by atoms with Crippen LogP contribution >= 0.6 is 0 Å². The van der Waals surface area contributed by atoms with Gasteiger partial charge in [-0.3, -0.25) is 4.79 Å². The van der Waals surface area contributed by atoms with Crippen LogP contribution in [-0.2, 0) is 11.2 Å². The second kappa shape index (κ2) is 3.51. The zero-order valence-corrected chi connectivity index (χ0v) is 10.5. The van der Waals surface area contributed by atoms with Gasteiger partial charge in [-0.25, -0.2) is 4.99 Å². The zero-order chi connectivity index (χ0) is 12.3. The Balaban J connectivity index is 1.89. The molecule has 3 heteroatoms. The summed E-state index contributed by atoms with van der Waals surface area (Å²) in [7, 11) is 0. The average Bonchev–Trinajstić information content (AvgIpc) is 2.61. The van der Waals surface area contributed by atoms with Gasteiger partial charge in [0.1, 0.15) is 0 Å². The van der Waals surface area contributed by atoms with Crippen molar-refractivity contribution in [1.82, 2.24) is 5.32 Å². The molecule has 2 aliphatic heterocycles. The van der Waals surface area contributed by atoms with Crippen LogP contribution in [0.4, 0.5) is 5.69 Å². The first-order valence-electron chi connectivity index (χ1n) is 6.68. The predicted octanol–water partition coefficient (Wildman–Crippen LogP) is 2.08. The Bertz CT molecular complexity index is 588. The van der Waals surface area contributed by atoms with Crippen molar-refractivity contribution in [3.05, 3.63) is 28.8 Å². The number of benzene rings is 1. The summed E-state index contributed by atoms with van der Waals surface area (Å²) < 4.78 is 0. The fraction of sp³-hybridized carbons (Fsp3) is 0.467. The van der Waals surface area contributed by atoms with Crippen molar-refractivity contribution in [2.24, 2.45) is 4.99 Å². The molecule has 1 N–H and O–H groups in total. The van der Waals surface area contributed by atoms with Crippen LogP contribution < -0.4 is 5.32 Å². The highest BCUT2D eigenvalue weighted by Gasteiger charge is 2.35. The maximum Gasteiger partial charge on any atom is 0.181 e. The van der Waals surface area contributed by atoms with E-state index in [0.717, 1.165) is 24.3 Å². The average molecular weight is 240 g/mol. The van der Waals surface area contributed by atoms with Crippen LogP contribution in [0.3, 0.4) is 0 Å². The third kappa shape index (κ3) is 1.34. The molecular formula is C15H16N2O. The molecule has 1 aliphatic carbocycles. The number of hydrogen-bond acceptors (Lipinski definition) is 3. The molecular weight excluding hydrogens is 224 g/mol. The van der Waals surface area contributed by atoms with Crippen molar-refractivity contribution in [3.63, 3.8) is 0 Å². The van der Waals surface area contributed by atoms with Crippen molar-refractivity contribution in [3.8, 4) is 0 Å². The zero-order valence-electron chi connectivity index (χ0n) is 10.5. The molecule has 18 heavy (non-hydrogen) atoms. The van der Waals surface area contributed by atoms with E-state index in [-0.39, 0.29) is 5.78 Å². The van der Waals surface area contributed by atoms with Crippen LogP contribution in [0.25, 0.3) is 0 Å². The highest BCUT2D eigenvalue weighted by Crippen LogP contribution is 2.46. The van der Waals surface area contributed by atoms with Crippen LogP contribution in [-0.4, -0.2) is 24.6 Å². The largest absolute Gasteiger partial charge is 0.316 e. The Morgan fingerprint density at radius 3 is 2.72 bits per heavy atom. The van der Waals surface area contributed by atoms with Gasteiger partial charge in [-0.05, 0) is 47.9 Å². The third-order valence-electron chi connectivity index (χ3n) is 4.56. The van der Waals surface area contributed by atoms with Crippen LogP contribution in [0.5, 0.6) is 0 Å². The number of fused-ring (bicyclic) bond motifs is 6. The molecule has 1 saturated heterocycles. The maximum atomic E-state index is 11.7. The van der Waals surface area contributed by atoms with Crippen molar-refractivity contribution in [2.75, 3.05) is 13.1 Å². The van der Waals surface area contributed by atoms with E-state index in [2.05, 4.69) is 22.4 Å². The fourth-order valence-corrected chi connectivity index (χ4v) is 3.58. The predicted molar refractivity (Wildman–Crippen MR) is 70.9 cm³/mol. The Kier molecular flexibility index (Phi) is 2.04. The van der Waals surface area contributed by atoms with E-state index in [1.165, 1.54) is 17.5 Å². The summed E-state index contributed by atoms with van der Waals surface area (Å²) in [5, 5.41) is 3.50. The summed E-state index contributed by atoms with van der Waals surface area (Å²) in [5.74, 6) is 1.46. The van der Waals surface area contributed by atoms with Gasteiger partial charge in [0.05, 0.1) is 11.4 Å². The number of Topliss-reactive ketones (excluding diaryl/α,β-unsaturated/α-hetero) is 1. The van der Waals surface area contributed by atoms with Crippen molar-refractivity contribution >= 4 is 17.2 Å². The van der Waals surface area contributed by atoms with Crippen LogP contribution in [0.1, 0.15) is 41.9 Å². The molecule has 0 spiro atoms. The number of nitrogens with zero attached hydrogens (tertiary/aromatic N) is 1. The van der Waals surface area contributed by atoms with Crippen LogP contribution in [0.2, 0.25) is 0 Å². The van der Waals surface area contributed by atoms with E-state index < -0.39 is 0 Å². The number of piperidine rings is 1. The normalized spacial score (nSPS) is 28.7. The monoisotopic (exact) mass is 240 g/mol. The molecule has 1 aromatic rings. The molecule has 2 unspecified atom stereocenters. The van der Waals surface area contributed by atoms with E-state index in [4.69, 9.17) is 0 Å². The number of rotatable bonds is 0. The number of carbonyl (C=O) groups is 1. The minimum absolute atomic E-state index is 0.168. The van der Waals surface area contributed by atoms with Gasteiger partial charge in [0.2, 0.25) is 0 Å². The molecule has 1 aromatic carbocycles. The summed E-state index contributed by atoms with van der Waals surface area (Å²) in [6.07, 6.45) is 1.80. The highest BCUT2D eigenvalue weighted by molar-refractivity contribution is 6.40. The second-order valence-corrected chi connectivity index (χ2v) is 5.69. The molecule has 2 heterocycles. The number of hydrogen-bond donors (Lipinski definition) is 1. The van der Waals surface area contributed by atoms with Crippen molar-refractivity contribution in [2.45, 2.75) is 31.6 Å². The lowest BCUT2D eigenvalue weighted by atomic mass is 9.93. The topological polar surface area (TPSA) is 41.5 Å². The standard InChI is InChI=1S/C15H16N2O/c1-8-15(18)4-9-3-12-10-2-11(7-16-6-10)13(12)5-14(9)17-8/h3,5,10-11,16H,2,4,6-7H2,1H3. The quantitative estimate of drug-likeness (QED) is 0.754. The smallest absolute Gasteiger partial charge is 0.181 e. The van der Waals surface area contributed by atoms with E-state index in [9.17, 15) is 4.79 Å². The molecule has 3 aliphatic rings. The van der Waals surface area contributed by atoms with Gasteiger partial charge in [0.25, 0.3) is 0 Å². The van der Waals surface area contributed by atoms with Gasteiger partial charge in [-0.15, -0.1) is 0 Å². The third-order valence-corrected chi connectivity index (χ3v) is 4.56. The summed E-state index contributed by atoms with van der Waals surface area (Å²) in [6.45, 7) is 3.99. The van der Waals surface area contributed by atoms with E-state index >= 15 is 0 Å². The van der Waals surface area contributed by atoms with Crippen molar-refractivity contribution in [1.29, 1.82) is 0 Å². The molecule has 0 saturated carbocycles. The Morgan fingerprint density at radius 2 is 1.94 bits per heavy atom. The summed E-state index contributed by atoms with van der Waals surface area (Å²) >= 11 is 0. The lowest BCUT2D eigenvalue weighted by Crippen LogP contribution is -2.28. The van der Waals surface area contributed by atoms with Crippen molar-refractivity contribution < 1.29 is 4.79 Å². The molecule has 3 nitrogen and oxygen atoms in total. The fourth-order valence-electron chi connectivity index (χ4n) is 3.58.